The fourth-order valence-corrected chi connectivity index (χ4v) is 4.04. The summed E-state index contributed by atoms with van der Waals surface area (Å²) in [6.07, 6.45) is -2.94. The van der Waals surface area contributed by atoms with E-state index in [1.54, 1.807) is 0 Å². The second-order valence-electron chi connectivity index (χ2n) is 8.06. The molecule has 1 N–H and O–H groups in total. The molecule has 0 bridgehead atoms. The second-order valence-corrected chi connectivity index (χ2v) is 8.06. The fraction of sp³-hybridized carbons (Fsp3) is 0.435. The van der Waals surface area contributed by atoms with Crippen molar-refractivity contribution >= 4 is 11.7 Å². The summed E-state index contributed by atoms with van der Waals surface area (Å²) in [5, 5.41) is 9.18. The third kappa shape index (κ3) is 5.11. The summed E-state index contributed by atoms with van der Waals surface area (Å²) in [6.45, 7) is 4.92. The Morgan fingerprint density at radius 3 is 2.24 bits per heavy atom. The van der Waals surface area contributed by atoms with E-state index in [-0.39, 0.29) is 18.4 Å². The molecule has 1 aliphatic rings. The van der Waals surface area contributed by atoms with Gasteiger partial charge in [0, 0.05) is 18.7 Å². The van der Waals surface area contributed by atoms with Gasteiger partial charge in [-0.2, -0.15) is 13.2 Å². The highest BCUT2D eigenvalue weighted by Gasteiger charge is 2.33. The molecule has 6 heteroatoms. The van der Waals surface area contributed by atoms with E-state index in [2.05, 4.69) is 30.9 Å². The Morgan fingerprint density at radius 2 is 1.72 bits per heavy atom. The van der Waals surface area contributed by atoms with Crippen LogP contribution in [-0.2, 0) is 11.0 Å². The molecule has 0 spiro atoms. The van der Waals surface area contributed by atoms with Crippen molar-refractivity contribution in [1.29, 1.82) is 0 Å². The van der Waals surface area contributed by atoms with Gasteiger partial charge in [-0.25, -0.2) is 0 Å². The summed E-state index contributed by atoms with van der Waals surface area (Å²) in [5.74, 6) is -0.419. The lowest BCUT2D eigenvalue weighted by Crippen LogP contribution is -2.37. The monoisotopic (exact) mass is 405 g/mol. The average Bonchev–Trinajstić information content (AvgIpc) is 2.67. The van der Waals surface area contributed by atoms with Gasteiger partial charge in [0.15, 0.2) is 0 Å². The van der Waals surface area contributed by atoms with Gasteiger partial charge in [0.1, 0.15) is 0 Å². The molecule has 0 saturated carbocycles. The van der Waals surface area contributed by atoms with Crippen LogP contribution >= 0.6 is 0 Å². The van der Waals surface area contributed by atoms with E-state index in [1.165, 1.54) is 17.7 Å². The first kappa shape index (κ1) is 21.2. The smallest absolute Gasteiger partial charge is 0.416 e. The Balaban J connectivity index is 1.90. The van der Waals surface area contributed by atoms with E-state index in [0.29, 0.717) is 18.9 Å². The normalized spacial score (nSPS) is 20.1. The molecule has 0 aromatic heterocycles. The largest absolute Gasteiger partial charge is 0.481 e. The molecule has 1 fully saturated rings. The molecule has 1 saturated heterocycles. The molecule has 3 rings (SSSR count). The van der Waals surface area contributed by atoms with E-state index < -0.39 is 17.7 Å². The van der Waals surface area contributed by atoms with Crippen LogP contribution < -0.4 is 4.90 Å². The van der Waals surface area contributed by atoms with Crippen LogP contribution in [0, 0.1) is 5.92 Å². The van der Waals surface area contributed by atoms with E-state index >= 15 is 0 Å². The van der Waals surface area contributed by atoms with Crippen molar-refractivity contribution in [2.75, 3.05) is 11.4 Å². The van der Waals surface area contributed by atoms with Crippen LogP contribution in [0.15, 0.2) is 48.5 Å². The quantitative estimate of drug-likeness (QED) is 0.638. The van der Waals surface area contributed by atoms with Gasteiger partial charge < -0.3 is 10.0 Å². The molecule has 1 heterocycles. The summed E-state index contributed by atoms with van der Waals surface area (Å²) in [7, 11) is 0. The van der Waals surface area contributed by atoms with Gasteiger partial charge in [-0.05, 0) is 60.1 Å². The molecule has 2 aromatic carbocycles. The number of anilines is 1. The topological polar surface area (TPSA) is 40.5 Å². The number of alkyl halides is 3. The molecule has 2 atom stereocenters. The van der Waals surface area contributed by atoms with Crippen molar-refractivity contribution in [3.05, 3.63) is 65.2 Å². The maximum Gasteiger partial charge on any atom is 0.416 e. The number of carbonyl (C=O) groups is 1. The molecule has 2 aromatic rings. The number of rotatable bonds is 5. The van der Waals surface area contributed by atoms with Crippen molar-refractivity contribution in [2.45, 2.75) is 51.2 Å². The van der Waals surface area contributed by atoms with Crippen LogP contribution in [0.3, 0.4) is 0 Å². The van der Waals surface area contributed by atoms with Crippen LogP contribution in [0.1, 0.15) is 61.8 Å². The average molecular weight is 405 g/mol. The van der Waals surface area contributed by atoms with Crippen LogP contribution in [0.5, 0.6) is 0 Å². The van der Waals surface area contributed by atoms with Crippen LogP contribution in [0.25, 0.3) is 0 Å². The summed E-state index contributed by atoms with van der Waals surface area (Å²) in [4.78, 5) is 13.4. The minimum Gasteiger partial charge on any atom is -0.481 e. The van der Waals surface area contributed by atoms with Gasteiger partial charge in [-0.3, -0.25) is 4.79 Å². The van der Waals surface area contributed by atoms with Crippen LogP contribution in [-0.4, -0.2) is 17.6 Å². The zero-order chi connectivity index (χ0) is 21.2. The van der Waals surface area contributed by atoms with Crippen molar-refractivity contribution in [1.82, 2.24) is 0 Å². The first-order valence-electron chi connectivity index (χ1n) is 9.90. The molecular weight excluding hydrogens is 379 g/mol. The van der Waals surface area contributed by atoms with Crippen LogP contribution in [0.4, 0.5) is 18.9 Å². The summed E-state index contributed by atoms with van der Waals surface area (Å²) >= 11 is 0. The number of carboxylic acid groups (broad SMARTS) is 1. The number of hydrogen-bond donors (Lipinski definition) is 1. The Kier molecular flexibility index (Phi) is 6.20. The zero-order valence-corrected chi connectivity index (χ0v) is 16.6. The Morgan fingerprint density at radius 1 is 1.10 bits per heavy atom. The van der Waals surface area contributed by atoms with Crippen molar-refractivity contribution < 1.29 is 23.1 Å². The van der Waals surface area contributed by atoms with E-state index in [9.17, 15) is 23.1 Å². The van der Waals surface area contributed by atoms with Gasteiger partial charge in [-0.15, -0.1) is 0 Å². The standard InChI is InChI=1S/C23H26F3NO2/c1-15(2)17-5-9-20(10-6-17)27-12-11-16(14-22(28)29)13-21(27)18-3-7-19(8-4-18)23(24,25)26/h3-10,15-16,21H,11-14H2,1-2H3,(H,28,29)/t16-,21+/m1/s1. The van der Waals surface area contributed by atoms with E-state index in [0.717, 1.165) is 29.8 Å². The highest BCUT2D eigenvalue weighted by molar-refractivity contribution is 5.67. The third-order valence-electron chi connectivity index (χ3n) is 5.69. The molecule has 0 amide bonds. The number of hydrogen-bond acceptors (Lipinski definition) is 2. The predicted molar refractivity (Wildman–Crippen MR) is 107 cm³/mol. The highest BCUT2D eigenvalue weighted by atomic mass is 19.4. The Bertz CT molecular complexity index is 829. The molecule has 0 unspecified atom stereocenters. The zero-order valence-electron chi connectivity index (χ0n) is 16.6. The molecule has 0 aliphatic carbocycles. The summed E-state index contributed by atoms with van der Waals surface area (Å²) in [6, 6.07) is 13.3. The minimum atomic E-state index is -4.37. The molecule has 1 aliphatic heterocycles. The summed E-state index contributed by atoms with van der Waals surface area (Å²) in [5.41, 5.74) is 2.33. The highest BCUT2D eigenvalue weighted by Crippen LogP contribution is 2.40. The Labute approximate surface area is 169 Å². The lowest BCUT2D eigenvalue weighted by Gasteiger charge is -2.41. The van der Waals surface area contributed by atoms with Gasteiger partial charge in [0.25, 0.3) is 0 Å². The maximum absolute atomic E-state index is 12.9. The van der Waals surface area contributed by atoms with Crippen LogP contribution in [0.2, 0.25) is 0 Å². The van der Waals surface area contributed by atoms with Crippen molar-refractivity contribution in [3.8, 4) is 0 Å². The number of benzene rings is 2. The van der Waals surface area contributed by atoms with Gasteiger partial charge in [-0.1, -0.05) is 38.1 Å². The van der Waals surface area contributed by atoms with E-state index in [4.69, 9.17) is 0 Å². The lowest BCUT2D eigenvalue weighted by atomic mass is 9.84. The molecule has 29 heavy (non-hydrogen) atoms. The second kappa shape index (κ2) is 8.47. The van der Waals surface area contributed by atoms with Gasteiger partial charge >= 0.3 is 12.1 Å². The van der Waals surface area contributed by atoms with Crippen molar-refractivity contribution in [2.24, 2.45) is 5.92 Å². The molecule has 156 valence electrons. The molecule has 0 radical (unpaired) electrons. The minimum absolute atomic E-state index is 0.00554. The maximum atomic E-state index is 12.9. The van der Waals surface area contributed by atoms with Gasteiger partial charge in [0.05, 0.1) is 11.6 Å². The van der Waals surface area contributed by atoms with Crippen molar-refractivity contribution in [3.63, 3.8) is 0 Å². The number of halogens is 3. The fourth-order valence-electron chi connectivity index (χ4n) is 4.04. The number of nitrogens with zero attached hydrogens (tertiary/aromatic N) is 1. The summed E-state index contributed by atoms with van der Waals surface area (Å²) < 4.78 is 38.8. The first-order chi connectivity index (χ1) is 13.6. The lowest BCUT2D eigenvalue weighted by molar-refractivity contribution is -0.139. The SMILES string of the molecule is CC(C)c1ccc(N2CC[C@@H](CC(=O)O)C[C@H]2c2ccc(C(F)(F)F)cc2)cc1. The Hall–Kier alpha value is -2.50. The first-order valence-corrected chi connectivity index (χ1v) is 9.90. The molecular formula is C23H26F3NO2. The van der Waals surface area contributed by atoms with E-state index in [1.807, 2.05) is 12.1 Å². The molecule has 3 nitrogen and oxygen atoms in total. The number of carboxylic acids is 1. The van der Waals surface area contributed by atoms with Gasteiger partial charge in [0.2, 0.25) is 0 Å². The number of aliphatic carboxylic acids is 1. The predicted octanol–water partition coefficient (Wildman–Crippen LogP) is 6.26. The number of piperidine rings is 1. The third-order valence-corrected chi connectivity index (χ3v) is 5.69.